The highest BCUT2D eigenvalue weighted by molar-refractivity contribution is 8.23. The Morgan fingerprint density at radius 3 is 2.43 bits per heavy atom. The Hall–Kier alpha value is -0.130. The molecule has 0 atom stereocenters. The molecule has 1 heterocycles. The van der Waals surface area contributed by atoms with E-state index in [0.717, 1.165) is 30.5 Å². The predicted octanol–water partition coefficient (Wildman–Crippen LogP) is 0.841. The first-order valence-corrected chi connectivity index (χ1v) is 6.08. The summed E-state index contributed by atoms with van der Waals surface area (Å²) in [5.74, 6) is 0.692. The third kappa shape index (κ3) is 3.94. The second-order valence-corrected chi connectivity index (χ2v) is 5.16. The average molecular weight is 232 g/mol. The molecule has 0 aromatic carbocycles. The Labute approximate surface area is 94.8 Å². The molecule has 5 heteroatoms. The summed E-state index contributed by atoms with van der Waals surface area (Å²) in [4.78, 5) is 15.2. The molecule has 0 bridgehead atoms. The first-order valence-electron chi connectivity index (χ1n) is 4.69. The SMILES string of the molecule is CC(=O)CSC(=S)N1CCN(C)CC1. The number of ketones is 1. The van der Waals surface area contributed by atoms with Crippen LogP contribution in [0, 0.1) is 0 Å². The van der Waals surface area contributed by atoms with Crippen molar-refractivity contribution < 1.29 is 4.79 Å². The molecule has 0 spiro atoms. The third-order valence-corrected chi connectivity index (χ3v) is 3.83. The van der Waals surface area contributed by atoms with Gasteiger partial charge in [0.2, 0.25) is 0 Å². The van der Waals surface area contributed by atoms with Crippen LogP contribution in [0.3, 0.4) is 0 Å². The summed E-state index contributed by atoms with van der Waals surface area (Å²) in [5.41, 5.74) is 0. The van der Waals surface area contributed by atoms with Gasteiger partial charge in [-0.05, 0) is 14.0 Å². The van der Waals surface area contributed by atoms with Gasteiger partial charge in [-0.3, -0.25) is 4.79 Å². The van der Waals surface area contributed by atoms with Crippen LogP contribution >= 0.6 is 24.0 Å². The Morgan fingerprint density at radius 1 is 1.36 bits per heavy atom. The molecule has 3 nitrogen and oxygen atoms in total. The number of likely N-dealkylation sites (N-methyl/N-ethyl adjacent to an activating group) is 1. The van der Waals surface area contributed by atoms with E-state index in [-0.39, 0.29) is 5.78 Å². The van der Waals surface area contributed by atoms with Crippen LogP contribution in [0.5, 0.6) is 0 Å². The standard InChI is InChI=1S/C9H16N2OS2/c1-8(12)7-14-9(13)11-5-3-10(2)4-6-11/h3-7H2,1-2H3. The fourth-order valence-electron chi connectivity index (χ4n) is 1.24. The lowest BCUT2D eigenvalue weighted by molar-refractivity contribution is -0.114. The molecule has 0 aliphatic carbocycles. The summed E-state index contributed by atoms with van der Waals surface area (Å²) >= 11 is 6.73. The van der Waals surface area contributed by atoms with Crippen LogP contribution < -0.4 is 0 Å². The second-order valence-electron chi connectivity index (χ2n) is 3.55. The van der Waals surface area contributed by atoms with Gasteiger partial charge in [0.1, 0.15) is 10.1 Å². The number of thiocarbonyl (C=S) groups is 1. The monoisotopic (exact) mass is 232 g/mol. The lowest BCUT2D eigenvalue weighted by atomic mass is 10.4. The van der Waals surface area contributed by atoms with Gasteiger partial charge in [0, 0.05) is 26.2 Å². The van der Waals surface area contributed by atoms with Gasteiger partial charge in [0.05, 0.1) is 5.75 Å². The van der Waals surface area contributed by atoms with E-state index in [0.29, 0.717) is 5.75 Å². The second kappa shape index (κ2) is 5.68. The molecule has 80 valence electrons. The number of Topliss-reactive ketones (excluding diaryl/α,β-unsaturated/α-hetero) is 1. The van der Waals surface area contributed by atoms with Crippen molar-refractivity contribution in [1.29, 1.82) is 0 Å². The number of thioether (sulfide) groups is 1. The molecular weight excluding hydrogens is 216 g/mol. The lowest BCUT2D eigenvalue weighted by Crippen LogP contribution is -2.45. The Balaban J connectivity index is 2.27. The number of carbonyl (C=O) groups is 1. The van der Waals surface area contributed by atoms with Gasteiger partial charge < -0.3 is 9.80 Å². The molecule has 0 amide bonds. The van der Waals surface area contributed by atoms with Gasteiger partial charge in [0.25, 0.3) is 0 Å². The summed E-state index contributed by atoms with van der Waals surface area (Å²) in [6.07, 6.45) is 0. The van der Waals surface area contributed by atoms with Gasteiger partial charge in [-0.1, -0.05) is 24.0 Å². The van der Waals surface area contributed by atoms with Gasteiger partial charge in [-0.2, -0.15) is 0 Å². The van der Waals surface area contributed by atoms with Crippen LogP contribution in [0.15, 0.2) is 0 Å². The van der Waals surface area contributed by atoms with Gasteiger partial charge >= 0.3 is 0 Å². The van der Waals surface area contributed by atoms with E-state index in [1.165, 1.54) is 11.8 Å². The number of hydrogen-bond acceptors (Lipinski definition) is 4. The fraction of sp³-hybridized carbons (Fsp3) is 0.778. The maximum atomic E-state index is 10.8. The minimum atomic E-state index is 0.187. The molecule has 0 aromatic heterocycles. The molecule has 0 unspecified atom stereocenters. The predicted molar refractivity (Wildman–Crippen MR) is 64.8 cm³/mol. The first kappa shape index (κ1) is 11.9. The van der Waals surface area contributed by atoms with E-state index in [2.05, 4.69) is 16.8 Å². The Bertz CT molecular complexity index is 225. The lowest BCUT2D eigenvalue weighted by Gasteiger charge is -2.33. The van der Waals surface area contributed by atoms with Gasteiger partial charge in [0.15, 0.2) is 0 Å². The molecular formula is C9H16N2OS2. The van der Waals surface area contributed by atoms with E-state index in [1.807, 2.05) is 0 Å². The summed E-state index contributed by atoms with van der Waals surface area (Å²) in [5, 5.41) is 0. The number of carbonyl (C=O) groups excluding carboxylic acids is 1. The van der Waals surface area contributed by atoms with Crippen molar-refractivity contribution in [3.05, 3.63) is 0 Å². The number of hydrogen-bond donors (Lipinski definition) is 0. The van der Waals surface area contributed by atoms with E-state index < -0.39 is 0 Å². The fourth-order valence-corrected chi connectivity index (χ4v) is 2.29. The van der Waals surface area contributed by atoms with Gasteiger partial charge in [-0.25, -0.2) is 0 Å². The normalized spacial score (nSPS) is 18.3. The van der Waals surface area contributed by atoms with Crippen LogP contribution in [0.4, 0.5) is 0 Å². The van der Waals surface area contributed by atoms with Crippen molar-refractivity contribution in [2.45, 2.75) is 6.92 Å². The van der Waals surface area contributed by atoms with E-state index >= 15 is 0 Å². The molecule has 0 N–H and O–H groups in total. The van der Waals surface area contributed by atoms with Crippen molar-refractivity contribution in [2.24, 2.45) is 0 Å². The summed E-state index contributed by atoms with van der Waals surface area (Å²) in [6, 6.07) is 0. The Kier molecular flexibility index (Phi) is 4.84. The Morgan fingerprint density at radius 2 is 1.93 bits per heavy atom. The zero-order valence-corrected chi connectivity index (χ0v) is 10.3. The van der Waals surface area contributed by atoms with Crippen LogP contribution in [0.25, 0.3) is 0 Å². The first-order chi connectivity index (χ1) is 6.59. The molecule has 1 rings (SSSR count). The number of nitrogens with zero attached hydrogens (tertiary/aromatic N) is 2. The van der Waals surface area contributed by atoms with E-state index in [4.69, 9.17) is 12.2 Å². The van der Waals surface area contributed by atoms with Crippen LogP contribution in [-0.4, -0.2) is 58.9 Å². The van der Waals surface area contributed by atoms with Crippen molar-refractivity contribution >= 4 is 34.1 Å². The molecule has 14 heavy (non-hydrogen) atoms. The highest BCUT2D eigenvalue weighted by Gasteiger charge is 2.16. The minimum absolute atomic E-state index is 0.187. The minimum Gasteiger partial charge on any atom is -0.355 e. The highest BCUT2D eigenvalue weighted by atomic mass is 32.2. The topological polar surface area (TPSA) is 23.6 Å². The van der Waals surface area contributed by atoms with Crippen molar-refractivity contribution in [1.82, 2.24) is 9.80 Å². The van der Waals surface area contributed by atoms with Crippen LogP contribution in [-0.2, 0) is 4.79 Å². The number of piperazine rings is 1. The number of rotatable bonds is 2. The van der Waals surface area contributed by atoms with Crippen molar-refractivity contribution in [3.8, 4) is 0 Å². The van der Waals surface area contributed by atoms with E-state index in [1.54, 1.807) is 6.92 Å². The van der Waals surface area contributed by atoms with Crippen LogP contribution in [0.1, 0.15) is 6.92 Å². The maximum Gasteiger partial charge on any atom is 0.140 e. The zero-order chi connectivity index (χ0) is 10.6. The molecule has 0 aromatic rings. The summed E-state index contributed by atoms with van der Waals surface area (Å²) < 4.78 is 0.869. The third-order valence-electron chi connectivity index (χ3n) is 2.16. The molecule has 1 saturated heterocycles. The maximum absolute atomic E-state index is 10.8. The highest BCUT2D eigenvalue weighted by Crippen LogP contribution is 2.11. The quantitative estimate of drug-likeness (QED) is 0.657. The summed E-state index contributed by atoms with van der Waals surface area (Å²) in [7, 11) is 2.11. The average Bonchev–Trinajstić information content (AvgIpc) is 2.15. The van der Waals surface area contributed by atoms with Crippen molar-refractivity contribution in [2.75, 3.05) is 39.0 Å². The zero-order valence-electron chi connectivity index (χ0n) is 8.65. The van der Waals surface area contributed by atoms with E-state index in [9.17, 15) is 4.79 Å². The molecule has 0 saturated carbocycles. The molecule has 1 aliphatic heterocycles. The van der Waals surface area contributed by atoms with Crippen molar-refractivity contribution in [3.63, 3.8) is 0 Å². The van der Waals surface area contributed by atoms with Crippen LogP contribution in [0.2, 0.25) is 0 Å². The smallest absolute Gasteiger partial charge is 0.140 e. The largest absolute Gasteiger partial charge is 0.355 e. The molecule has 0 radical (unpaired) electrons. The van der Waals surface area contributed by atoms with Gasteiger partial charge in [-0.15, -0.1) is 0 Å². The summed E-state index contributed by atoms with van der Waals surface area (Å²) in [6.45, 7) is 5.68. The molecule has 1 fully saturated rings. The molecule has 1 aliphatic rings.